The Labute approximate surface area is 130 Å². The second-order valence-corrected chi connectivity index (χ2v) is 7.81. The average molecular weight is 305 g/mol. The van der Waals surface area contributed by atoms with Gasteiger partial charge in [0.15, 0.2) is 0 Å². The van der Waals surface area contributed by atoms with Crippen LogP contribution in [0.25, 0.3) is 0 Å². The smallest absolute Gasteiger partial charge is 0.238 e. The third kappa shape index (κ3) is 2.31. The zero-order valence-corrected chi connectivity index (χ0v) is 13.4. The molecule has 1 aromatic heterocycles. The predicted molar refractivity (Wildman–Crippen MR) is 84.3 cm³/mol. The van der Waals surface area contributed by atoms with E-state index in [1.807, 2.05) is 11.3 Å². The van der Waals surface area contributed by atoms with Crippen molar-refractivity contribution in [2.45, 2.75) is 50.9 Å². The van der Waals surface area contributed by atoms with Gasteiger partial charge in [-0.25, -0.2) is 0 Å². The number of piperidine rings is 1. The molecule has 3 fully saturated rings. The van der Waals surface area contributed by atoms with Crippen molar-refractivity contribution in [2.24, 2.45) is 0 Å². The Morgan fingerprint density at radius 1 is 1.19 bits per heavy atom. The Bertz CT molecular complexity index is 543. The first-order valence-corrected chi connectivity index (χ1v) is 8.90. The molecule has 5 heteroatoms. The molecule has 0 aromatic carbocycles. The fraction of sp³-hybridized carbons (Fsp3) is 0.688. The Morgan fingerprint density at radius 3 is 2.90 bits per heavy atom. The van der Waals surface area contributed by atoms with Crippen LogP contribution in [0.4, 0.5) is 0 Å². The van der Waals surface area contributed by atoms with Crippen molar-refractivity contribution in [3.63, 3.8) is 0 Å². The van der Waals surface area contributed by atoms with Gasteiger partial charge in [-0.1, -0.05) is 6.42 Å². The number of nitrogens with one attached hydrogen (secondary N) is 1. The van der Waals surface area contributed by atoms with Gasteiger partial charge in [0, 0.05) is 22.3 Å². The van der Waals surface area contributed by atoms with Gasteiger partial charge in [0.2, 0.25) is 5.91 Å². The van der Waals surface area contributed by atoms with Crippen LogP contribution in [0.3, 0.4) is 0 Å². The van der Waals surface area contributed by atoms with Crippen molar-refractivity contribution < 1.29 is 4.79 Å². The van der Waals surface area contributed by atoms with Crippen molar-refractivity contribution in [3.8, 4) is 0 Å². The molecule has 0 bridgehead atoms. The number of carbonyl (C=O) groups excluding carboxylic acids is 1. The Kier molecular flexibility index (Phi) is 3.52. The first-order valence-electron chi connectivity index (χ1n) is 8.09. The van der Waals surface area contributed by atoms with Gasteiger partial charge < -0.3 is 4.90 Å². The first-order chi connectivity index (χ1) is 10.2. The lowest BCUT2D eigenvalue weighted by atomic mass is 9.97. The van der Waals surface area contributed by atoms with Gasteiger partial charge in [0.25, 0.3) is 0 Å². The van der Waals surface area contributed by atoms with Crippen molar-refractivity contribution in [2.75, 3.05) is 19.6 Å². The molecule has 3 aliphatic rings. The van der Waals surface area contributed by atoms with Gasteiger partial charge in [-0.3, -0.25) is 15.0 Å². The molecule has 114 valence electrons. The van der Waals surface area contributed by atoms with Gasteiger partial charge in [-0.15, -0.1) is 11.3 Å². The third-order valence-corrected chi connectivity index (χ3v) is 6.27. The number of fused-ring (bicyclic) bond motifs is 1. The van der Waals surface area contributed by atoms with E-state index in [9.17, 15) is 4.79 Å². The highest BCUT2D eigenvalue weighted by atomic mass is 32.1. The van der Waals surface area contributed by atoms with E-state index in [1.54, 1.807) is 0 Å². The monoisotopic (exact) mass is 305 g/mol. The van der Waals surface area contributed by atoms with Crippen LogP contribution >= 0.6 is 11.3 Å². The van der Waals surface area contributed by atoms with Crippen molar-refractivity contribution in [1.29, 1.82) is 0 Å². The fourth-order valence-electron chi connectivity index (χ4n) is 4.28. The van der Waals surface area contributed by atoms with Gasteiger partial charge in [-0.2, -0.15) is 0 Å². The number of hydrogen-bond acceptors (Lipinski definition) is 4. The van der Waals surface area contributed by atoms with Gasteiger partial charge >= 0.3 is 0 Å². The molecular weight excluding hydrogens is 282 g/mol. The topological polar surface area (TPSA) is 35.6 Å². The van der Waals surface area contributed by atoms with E-state index in [4.69, 9.17) is 0 Å². The highest BCUT2D eigenvalue weighted by Gasteiger charge is 2.45. The molecule has 1 N–H and O–H groups in total. The summed E-state index contributed by atoms with van der Waals surface area (Å²) in [5.41, 5.74) is 0. The lowest BCUT2D eigenvalue weighted by Crippen LogP contribution is -2.48. The van der Waals surface area contributed by atoms with Gasteiger partial charge in [0.1, 0.15) is 6.17 Å². The van der Waals surface area contributed by atoms with Crippen LogP contribution in [0.1, 0.15) is 41.6 Å². The molecule has 1 aromatic rings. The summed E-state index contributed by atoms with van der Waals surface area (Å²) in [6.45, 7) is 5.01. The fourth-order valence-corrected chi connectivity index (χ4v) is 5.23. The van der Waals surface area contributed by atoms with Crippen LogP contribution in [0.2, 0.25) is 0 Å². The van der Waals surface area contributed by atoms with Crippen LogP contribution in [0.15, 0.2) is 12.1 Å². The average Bonchev–Trinajstić information content (AvgIpc) is 3.17. The molecule has 0 spiro atoms. The summed E-state index contributed by atoms with van der Waals surface area (Å²) in [5, 5.41) is 3.43. The predicted octanol–water partition coefficient (Wildman–Crippen LogP) is 2.11. The zero-order chi connectivity index (χ0) is 14.4. The molecular formula is C16H23N3OS. The zero-order valence-electron chi connectivity index (χ0n) is 12.5. The quantitative estimate of drug-likeness (QED) is 0.909. The molecule has 3 aliphatic heterocycles. The van der Waals surface area contributed by atoms with E-state index >= 15 is 0 Å². The molecule has 21 heavy (non-hydrogen) atoms. The van der Waals surface area contributed by atoms with Crippen LogP contribution in [-0.2, 0) is 4.79 Å². The maximum Gasteiger partial charge on any atom is 0.238 e. The molecule has 0 aliphatic carbocycles. The number of nitrogens with zero attached hydrogens (tertiary/aromatic N) is 2. The summed E-state index contributed by atoms with van der Waals surface area (Å²) < 4.78 is 0. The molecule has 0 saturated carbocycles. The van der Waals surface area contributed by atoms with E-state index in [0.29, 0.717) is 18.6 Å². The van der Waals surface area contributed by atoms with Gasteiger partial charge in [0.05, 0.1) is 12.6 Å². The van der Waals surface area contributed by atoms with E-state index < -0.39 is 0 Å². The second kappa shape index (κ2) is 5.38. The highest BCUT2D eigenvalue weighted by molar-refractivity contribution is 7.12. The normalized spacial score (nSPS) is 33.7. The lowest BCUT2D eigenvalue weighted by molar-refractivity contribution is -0.131. The molecule has 3 saturated heterocycles. The molecule has 4 heterocycles. The van der Waals surface area contributed by atoms with Crippen LogP contribution in [-0.4, -0.2) is 47.4 Å². The minimum absolute atomic E-state index is 0.100. The number of rotatable bonds is 2. The Hall–Kier alpha value is -0.910. The maximum atomic E-state index is 12.5. The molecule has 0 radical (unpaired) electrons. The number of thiophene rings is 1. The standard InChI is InChI=1S/C16H23N3OS/c1-11-5-6-14(21-11)16-17-10-15(20)19(16)13-7-9-18-8-3-2-4-12(13)18/h5-6,12-13,16-17H,2-4,7-10H2,1H3. The first kappa shape index (κ1) is 13.7. The number of hydrogen-bond donors (Lipinski definition) is 1. The number of carbonyl (C=O) groups is 1. The van der Waals surface area contributed by atoms with Gasteiger partial charge in [-0.05, 0) is 44.9 Å². The Morgan fingerprint density at radius 2 is 2.10 bits per heavy atom. The summed E-state index contributed by atoms with van der Waals surface area (Å²) in [7, 11) is 0. The summed E-state index contributed by atoms with van der Waals surface area (Å²) in [6, 6.07) is 5.33. The lowest BCUT2D eigenvalue weighted by Gasteiger charge is -2.38. The van der Waals surface area contributed by atoms with Crippen LogP contribution in [0.5, 0.6) is 0 Å². The van der Waals surface area contributed by atoms with Crippen molar-refractivity contribution in [1.82, 2.24) is 15.1 Å². The molecule has 4 rings (SSSR count). The minimum atomic E-state index is 0.100. The summed E-state index contributed by atoms with van der Waals surface area (Å²) in [5.74, 6) is 0.281. The van der Waals surface area contributed by atoms with E-state index in [2.05, 4.69) is 34.2 Å². The summed E-state index contributed by atoms with van der Waals surface area (Å²) >= 11 is 1.81. The molecule has 3 atom stereocenters. The van der Waals surface area contributed by atoms with Crippen LogP contribution in [0, 0.1) is 6.92 Å². The molecule has 3 unspecified atom stereocenters. The van der Waals surface area contributed by atoms with Crippen LogP contribution < -0.4 is 5.32 Å². The third-order valence-electron chi connectivity index (χ3n) is 5.22. The summed E-state index contributed by atoms with van der Waals surface area (Å²) in [6.07, 6.45) is 5.13. The second-order valence-electron chi connectivity index (χ2n) is 6.49. The van der Waals surface area contributed by atoms with E-state index in [1.165, 1.54) is 35.6 Å². The SMILES string of the molecule is Cc1ccc(C2NCC(=O)N2C2CCN3CCCCC23)s1. The molecule has 4 nitrogen and oxygen atoms in total. The Balaban J connectivity index is 1.60. The number of amides is 1. The van der Waals surface area contributed by atoms with E-state index in [-0.39, 0.29) is 12.1 Å². The summed E-state index contributed by atoms with van der Waals surface area (Å²) in [4.78, 5) is 19.9. The van der Waals surface area contributed by atoms with Crippen molar-refractivity contribution in [3.05, 3.63) is 21.9 Å². The minimum Gasteiger partial charge on any atom is -0.316 e. The number of aryl methyl sites for hydroxylation is 1. The molecule has 1 amide bonds. The highest BCUT2D eigenvalue weighted by Crippen LogP contribution is 2.37. The van der Waals surface area contributed by atoms with E-state index in [0.717, 1.165) is 13.0 Å². The van der Waals surface area contributed by atoms with Crippen molar-refractivity contribution >= 4 is 17.2 Å². The largest absolute Gasteiger partial charge is 0.316 e. The maximum absolute atomic E-state index is 12.5.